The summed E-state index contributed by atoms with van der Waals surface area (Å²) in [6, 6.07) is 11.6. The molecule has 1 aliphatic rings. The smallest absolute Gasteiger partial charge is 0.261 e. The standard InChI is InChI=1S/C22H20FN7O2/c1-13-26-27-28-30(13)15-8-9-17(23)19(12-15)25-21(31)11-10-20-24-18-5-3-2-4-16(18)22(32)29(20)14-6-7-14/h2-5,8-9,12,14H,6-7,10-11H2,1H3,(H,25,31). The Labute approximate surface area is 181 Å². The van der Waals surface area contributed by atoms with E-state index in [-0.39, 0.29) is 36.0 Å². The molecule has 0 radical (unpaired) electrons. The number of nitrogens with zero attached hydrogens (tertiary/aromatic N) is 6. The van der Waals surface area contributed by atoms with Crippen molar-refractivity contribution in [3.8, 4) is 5.69 Å². The van der Waals surface area contributed by atoms with Gasteiger partial charge >= 0.3 is 0 Å². The molecule has 1 fully saturated rings. The van der Waals surface area contributed by atoms with Crippen molar-refractivity contribution in [2.45, 2.75) is 38.6 Å². The van der Waals surface area contributed by atoms with Crippen LogP contribution in [-0.4, -0.2) is 35.7 Å². The minimum Gasteiger partial charge on any atom is -0.324 e. The van der Waals surface area contributed by atoms with E-state index in [0.717, 1.165) is 12.8 Å². The predicted octanol–water partition coefficient (Wildman–Crippen LogP) is 2.73. The van der Waals surface area contributed by atoms with E-state index in [0.29, 0.717) is 28.2 Å². The van der Waals surface area contributed by atoms with Crippen molar-refractivity contribution in [2.75, 3.05) is 5.32 Å². The van der Waals surface area contributed by atoms with Gasteiger partial charge in [0.2, 0.25) is 5.91 Å². The van der Waals surface area contributed by atoms with Gasteiger partial charge in [0.05, 0.1) is 22.3 Å². The number of hydrogen-bond acceptors (Lipinski definition) is 6. The van der Waals surface area contributed by atoms with Crippen LogP contribution in [-0.2, 0) is 11.2 Å². The van der Waals surface area contributed by atoms with Crippen LogP contribution in [0.15, 0.2) is 47.3 Å². The second-order valence-electron chi connectivity index (χ2n) is 7.80. The summed E-state index contributed by atoms with van der Waals surface area (Å²) in [6.07, 6.45) is 2.18. The van der Waals surface area contributed by atoms with Crippen molar-refractivity contribution in [3.05, 3.63) is 70.3 Å². The van der Waals surface area contributed by atoms with E-state index in [1.54, 1.807) is 23.6 Å². The first-order valence-electron chi connectivity index (χ1n) is 10.4. The molecule has 1 aliphatic carbocycles. The summed E-state index contributed by atoms with van der Waals surface area (Å²) in [5, 5.41) is 14.4. The van der Waals surface area contributed by atoms with Gasteiger partial charge in [-0.25, -0.2) is 9.37 Å². The van der Waals surface area contributed by atoms with Crippen LogP contribution in [0.4, 0.5) is 10.1 Å². The lowest BCUT2D eigenvalue weighted by Gasteiger charge is -2.13. The second-order valence-corrected chi connectivity index (χ2v) is 7.80. The average Bonchev–Trinajstić information content (AvgIpc) is 3.53. The van der Waals surface area contributed by atoms with E-state index in [1.165, 1.54) is 22.9 Å². The maximum Gasteiger partial charge on any atom is 0.261 e. The number of benzene rings is 2. The van der Waals surface area contributed by atoms with Gasteiger partial charge in [-0.1, -0.05) is 12.1 Å². The zero-order chi connectivity index (χ0) is 22.2. The van der Waals surface area contributed by atoms with Gasteiger partial charge in [-0.05, 0) is 60.5 Å². The first-order chi connectivity index (χ1) is 15.5. The van der Waals surface area contributed by atoms with Crippen LogP contribution in [0.3, 0.4) is 0 Å². The van der Waals surface area contributed by atoms with Gasteiger partial charge < -0.3 is 5.32 Å². The minimum absolute atomic E-state index is 0.0356. The molecule has 5 rings (SSSR count). The molecule has 1 N–H and O–H groups in total. The minimum atomic E-state index is -0.563. The third-order valence-electron chi connectivity index (χ3n) is 5.46. The molecule has 9 nitrogen and oxygen atoms in total. The van der Waals surface area contributed by atoms with E-state index in [1.807, 2.05) is 12.1 Å². The molecule has 4 aromatic rings. The van der Waals surface area contributed by atoms with Crippen LogP contribution in [0, 0.1) is 12.7 Å². The number of rotatable bonds is 6. The van der Waals surface area contributed by atoms with Crippen molar-refractivity contribution >= 4 is 22.5 Å². The molecule has 2 heterocycles. The third kappa shape index (κ3) is 3.75. The molecule has 0 spiro atoms. The fourth-order valence-electron chi connectivity index (χ4n) is 3.73. The lowest BCUT2D eigenvalue weighted by Crippen LogP contribution is -2.25. The largest absolute Gasteiger partial charge is 0.324 e. The molecule has 0 atom stereocenters. The van der Waals surface area contributed by atoms with Crippen molar-refractivity contribution in [1.29, 1.82) is 0 Å². The number of amides is 1. The molecule has 0 unspecified atom stereocenters. The quantitative estimate of drug-likeness (QED) is 0.501. The summed E-state index contributed by atoms with van der Waals surface area (Å²) in [6.45, 7) is 1.72. The number of para-hydroxylation sites is 1. The Kier molecular flexibility index (Phi) is 4.96. The van der Waals surface area contributed by atoms with Crippen LogP contribution >= 0.6 is 0 Å². The van der Waals surface area contributed by atoms with Gasteiger partial charge in [-0.15, -0.1) is 5.10 Å². The SMILES string of the molecule is Cc1nnnn1-c1ccc(F)c(NC(=O)CCc2nc3ccccc3c(=O)n2C2CC2)c1. The van der Waals surface area contributed by atoms with Gasteiger partial charge in [0.25, 0.3) is 5.56 Å². The Balaban J connectivity index is 1.36. The van der Waals surface area contributed by atoms with Crippen LogP contribution in [0.1, 0.15) is 37.0 Å². The summed E-state index contributed by atoms with van der Waals surface area (Å²) in [5.74, 6) is 0.171. The third-order valence-corrected chi connectivity index (χ3v) is 5.46. The number of fused-ring (bicyclic) bond motifs is 1. The Morgan fingerprint density at radius 3 is 2.78 bits per heavy atom. The molecule has 0 bridgehead atoms. The van der Waals surface area contributed by atoms with Crippen LogP contribution in [0.25, 0.3) is 16.6 Å². The Bertz CT molecular complexity index is 1390. The van der Waals surface area contributed by atoms with Crippen molar-refractivity contribution in [3.63, 3.8) is 0 Å². The van der Waals surface area contributed by atoms with Crippen molar-refractivity contribution in [1.82, 2.24) is 29.8 Å². The van der Waals surface area contributed by atoms with Gasteiger partial charge in [-0.2, -0.15) is 4.68 Å². The van der Waals surface area contributed by atoms with Gasteiger partial charge in [0, 0.05) is 18.9 Å². The number of halogens is 1. The van der Waals surface area contributed by atoms with Gasteiger partial charge in [0.15, 0.2) is 5.82 Å². The molecule has 10 heteroatoms. The second kappa shape index (κ2) is 7.95. The molecule has 1 amide bonds. The van der Waals surface area contributed by atoms with E-state index in [4.69, 9.17) is 0 Å². The highest BCUT2D eigenvalue weighted by Crippen LogP contribution is 2.35. The predicted molar refractivity (Wildman–Crippen MR) is 115 cm³/mol. The molecule has 162 valence electrons. The van der Waals surface area contributed by atoms with Gasteiger partial charge in [-0.3, -0.25) is 14.2 Å². The van der Waals surface area contributed by atoms with Gasteiger partial charge in [0.1, 0.15) is 11.6 Å². The van der Waals surface area contributed by atoms with Crippen LogP contribution in [0.5, 0.6) is 0 Å². The number of aryl methyl sites for hydroxylation is 2. The van der Waals surface area contributed by atoms with E-state index >= 15 is 0 Å². The molecule has 2 aromatic carbocycles. The number of nitrogens with one attached hydrogen (secondary N) is 1. The van der Waals surface area contributed by atoms with Crippen molar-refractivity contribution < 1.29 is 9.18 Å². The molecular formula is C22H20FN7O2. The molecule has 2 aromatic heterocycles. The summed E-state index contributed by atoms with van der Waals surface area (Å²) in [5.41, 5.74) is 1.10. The summed E-state index contributed by atoms with van der Waals surface area (Å²) < 4.78 is 17.5. The molecule has 0 saturated heterocycles. The zero-order valence-electron chi connectivity index (χ0n) is 17.3. The summed E-state index contributed by atoms with van der Waals surface area (Å²) >= 11 is 0. The topological polar surface area (TPSA) is 108 Å². The van der Waals surface area contributed by atoms with E-state index < -0.39 is 5.82 Å². The monoisotopic (exact) mass is 433 g/mol. The number of tetrazole rings is 1. The van der Waals surface area contributed by atoms with E-state index in [9.17, 15) is 14.0 Å². The molecule has 32 heavy (non-hydrogen) atoms. The maximum atomic E-state index is 14.3. The lowest BCUT2D eigenvalue weighted by molar-refractivity contribution is -0.116. The average molecular weight is 433 g/mol. The van der Waals surface area contributed by atoms with Crippen LogP contribution in [0.2, 0.25) is 0 Å². The number of hydrogen-bond donors (Lipinski definition) is 1. The highest BCUT2D eigenvalue weighted by atomic mass is 19.1. The number of carbonyl (C=O) groups is 1. The van der Waals surface area contributed by atoms with Crippen LogP contribution < -0.4 is 10.9 Å². The van der Waals surface area contributed by atoms with Crippen molar-refractivity contribution in [2.24, 2.45) is 0 Å². The number of anilines is 1. The Morgan fingerprint density at radius 1 is 1.22 bits per heavy atom. The highest BCUT2D eigenvalue weighted by molar-refractivity contribution is 5.91. The van der Waals surface area contributed by atoms with E-state index in [2.05, 4.69) is 25.8 Å². The summed E-state index contributed by atoms with van der Waals surface area (Å²) in [4.78, 5) is 30.2. The maximum absolute atomic E-state index is 14.3. The highest BCUT2D eigenvalue weighted by Gasteiger charge is 2.28. The Morgan fingerprint density at radius 2 is 2.03 bits per heavy atom. The molecular weight excluding hydrogens is 413 g/mol. The lowest BCUT2D eigenvalue weighted by atomic mass is 10.2. The first-order valence-corrected chi connectivity index (χ1v) is 10.4. The zero-order valence-corrected chi connectivity index (χ0v) is 17.3. The Hall–Kier alpha value is -3.95. The normalized spacial score (nSPS) is 13.4. The fourth-order valence-corrected chi connectivity index (χ4v) is 3.73. The molecule has 0 aliphatic heterocycles. The summed E-state index contributed by atoms with van der Waals surface area (Å²) in [7, 11) is 0. The fraction of sp³-hybridized carbons (Fsp3) is 0.273. The first kappa shape index (κ1) is 20.0. The number of aromatic nitrogens is 6. The number of carbonyl (C=O) groups excluding carboxylic acids is 1. The molecule has 1 saturated carbocycles.